The van der Waals surface area contributed by atoms with Crippen LogP contribution in [0.4, 0.5) is 0 Å². The molecular weight excluding hydrogens is 174 g/mol. The molecule has 1 saturated carbocycles. The second-order valence-corrected chi connectivity index (χ2v) is 4.51. The van der Waals surface area contributed by atoms with E-state index in [1.165, 1.54) is 12.8 Å². The summed E-state index contributed by atoms with van der Waals surface area (Å²) in [5, 5.41) is 3.06. The van der Waals surface area contributed by atoms with Gasteiger partial charge in [-0.05, 0) is 44.1 Å². The summed E-state index contributed by atoms with van der Waals surface area (Å²) in [6.45, 7) is 6.39. The van der Waals surface area contributed by atoms with Gasteiger partial charge in [-0.2, -0.15) is 0 Å². The van der Waals surface area contributed by atoms with Crippen LogP contribution in [0.15, 0.2) is 12.2 Å². The lowest BCUT2D eigenvalue weighted by atomic mass is 9.80. The largest absolute Gasteiger partial charge is 0.350 e. The summed E-state index contributed by atoms with van der Waals surface area (Å²) in [5.74, 6) is 1.49. The van der Waals surface area contributed by atoms with Crippen LogP contribution in [0.25, 0.3) is 0 Å². The van der Waals surface area contributed by atoms with Gasteiger partial charge >= 0.3 is 0 Å². The Kier molecular flexibility index (Phi) is 4.18. The Balaban J connectivity index is 2.41. The first-order valence-electron chi connectivity index (χ1n) is 5.56. The average Bonchev–Trinajstić information content (AvgIpc) is 2.10. The molecule has 1 N–H and O–H groups in total. The molecule has 0 spiro atoms. The molecule has 0 aromatic rings. The number of amides is 1. The lowest BCUT2D eigenvalue weighted by Crippen LogP contribution is -2.41. The number of allylic oxidation sites excluding steroid dienone is 1. The third kappa shape index (κ3) is 3.17. The first-order chi connectivity index (χ1) is 6.63. The first kappa shape index (κ1) is 11.3. The van der Waals surface area contributed by atoms with E-state index in [2.05, 4.69) is 19.2 Å². The van der Waals surface area contributed by atoms with E-state index in [9.17, 15) is 4.79 Å². The van der Waals surface area contributed by atoms with Crippen LogP contribution in [0.2, 0.25) is 0 Å². The van der Waals surface area contributed by atoms with E-state index in [0.29, 0.717) is 12.0 Å². The number of nitrogens with one attached hydrogen (secondary N) is 1. The zero-order chi connectivity index (χ0) is 10.6. The van der Waals surface area contributed by atoms with Crippen LogP contribution >= 0.6 is 0 Å². The predicted molar refractivity (Wildman–Crippen MR) is 58.9 cm³/mol. The molecule has 1 amide bonds. The molecule has 2 heteroatoms. The summed E-state index contributed by atoms with van der Waals surface area (Å²) in [6, 6.07) is 0.384. The normalized spacial score (nSPS) is 33.2. The topological polar surface area (TPSA) is 29.1 Å². The zero-order valence-corrected chi connectivity index (χ0v) is 9.42. The van der Waals surface area contributed by atoms with Crippen LogP contribution in [-0.2, 0) is 4.79 Å². The predicted octanol–water partition coefficient (Wildman–Crippen LogP) is 2.50. The number of carbonyl (C=O) groups is 1. The van der Waals surface area contributed by atoms with Gasteiger partial charge in [0.15, 0.2) is 0 Å². The molecule has 2 nitrogen and oxygen atoms in total. The molecule has 1 aliphatic carbocycles. The number of carbonyl (C=O) groups excluding carboxylic acids is 1. The monoisotopic (exact) mass is 195 g/mol. The Morgan fingerprint density at radius 2 is 2.07 bits per heavy atom. The number of hydrogen-bond acceptors (Lipinski definition) is 1. The Morgan fingerprint density at radius 3 is 2.64 bits per heavy atom. The highest BCUT2D eigenvalue weighted by Gasteiger charge is 2.25. The third-order valence-electron chi connectivity index (χ3n) is 3.08. The number of rotatable bonds is 2. The molecule has 0 bridgehead atoms. The number of hydrogen-bond donors (Lipinski definition) is 1. The molecule has 0 aromatic heterocycles. The summed E-state index contributed by atoms with van der Waals surface area (Å²) in [4.78, 5) is 11.3. The molecular formula is C12H21NO. The second-order valence-electron chi connectivity index (χ2n) is 4.51. The molecule has 80 valence electrons. The van der Waals surface area contributed by atoms with E-state index >= 15 is 0 Å². The van der Waals surface area contributed by atoms with Gasteiger partial charge in [-0.25, -0.2) is 0 Å². The Hall–Kier alpha value is -0.790. The van der Waals surface area contributed by atoms with Crippen molar-refractivity contribution in [2.75, 3.05) is 0 Å². The summed E-state index contributed by atoms with van der Waals surface area (Å²) in [6.07, 6.45) is 6.99. The molecule has 14 heavy (non-hydrogen) atoms. The fourth-order valence-electron chi connectivity index (χ4n) is 2.26. The van der Waals surface area contributed by atoms with Gasteiger partial charge < -0.3 is 5.32 Å². The van der Waals surface area contributed by atoms with Crippen molar-refractivity contribution in [1.29, 1.82) is 0 Å². The maximum Gasteiger partial charge on any atom is 0.243 e. The Labute approximate surface area is 86.8 Å². The molecule has 0 saturated heterocycles. The van der Waals surface area contributed by atoms with Gasteiger partial charge in [-0.1, -0.05) is 19.9 Å². The van der Waals surface area contributed by atoms with Gasteiger partial charge in [0.1, 0.15) is 0 Å². The van der Waals surface area contributed by atoms with Crippen LogP contribution in [0.1, 0.15) is 40.0 Å². The zero-order valence-electron chi connectivity index (χ0n) is 9.42. The quantitative estimate of drug-likeness (QED) is 0.674. The van der Waals surface area contributed by atoms with Crippen LogP contribution in [0.5, 0.6) is 0 Å². The van der Waals surface area contributed by atoms with Crippen molar-refractivity contribution in [2.45, 2.75) is 46.1 Å². The van der Waals surface area contributed by atoms with E-state index < -0.39 is 0 Å². The lowest BCUT2D eigenvalue weighted by Gasteiger charge is -2.32. The second kappa shape index (κ2) is 5.18. The van der Waals surface area contributed by atoms with Gasteiger partial charge in [0.05, 0.1) is 0 Å². The minimum absolute atomic E-state index is 0.0545. The summed E-state index contributed by atoms with van der Waals surface area (Å²) in [5.41, 5.74) is 0. The smallest absolute Gasteiger partial charge is 0.243 e. The van der Waals surface area contributed by atoms with Crippen molar-refractivity contribution in [3.05, 3.63) is 12.2 Å². The highest BCUT2D eigenvalue weighted by molar-refractivity contribution is 5.87. The van der Waals surface area contributed by atoms with E-state index in [1.54, 1.807) is 12.2 Å². The fraction of sp³-hybridized carbons (Fsp3) is 0.750. The van der Waals surface area contributed by atoms with Crippen molar-refractivity contribution >= 4 is 5.91 Å². The van der Waals surface area contributed by atoms with Gasteiger partial charge in [0.2, 0.25) is 5.91 Å². The van der Waals surface area contributed by atoms with Gasteiger partial charge in [0.25, 0.3) is 0 Å². The summed E-state index contributed by atoms with van der Waals surface area (Å²) >= 11 is 0. The van der Waals surface area contributed by atoms with E-state index in [4.69, 9.17) is 0 Å². The van der Waals surface area contributed by atoms with Gasteiger partial charge in [-0.3, -0.25) is 4.79 Å². The minimum Gasteiger partial charge on any atom is -0.350 e. The molecule has 3 unspecified atom stereocenters. The van der Waals surface area contributed by atoms with Crippen LogP contribution in [0, 0.1) is 11.8 Å². The van der Waals surface area contributed by atoms with E-state index in [-0.39, 0.29) is 5.91 Å². The summed E-state index contributed by atoms with van der Waals surface area (Å²) in [7, 11) is 0. The Bertz CT molecular complexity index is 222. The highest BCUT2D eigenvalue weighted by atomic mass is 16.1. The molecule has 1 fully saturated rings. The molecule has 0 aromatic carbocycles. The van der Waals surface area contributed by atoms with E-state index in [1.807, 2.05) is 6.92 Å². The summed E-state index contributed by atoms with van der Waals surface area (Å²) < 4.78 is 0. The fourth-order valence-corrected chi connectivity index (χ4v) is 2.26. The molecule has 1 rings (SSSR count). The molecule has 3 atom stereocenters. The third-order valence-corrected chi connectivity index (χ3v) is 3.08. The van der Waals surface area contributed by atoms with Crippen molar-refractivity contribution < 1.29 is 4.79 Å². The molecule has 0 heterocycles. The molecule has 0 aliphatic heterocycles. The minimum atomic E-state index is 0.0545. The van der Waals surface area contributed by atoms with Crippen molar-refractivity contribution in [3.8, 4) is 0 Å². The SMILES string of the molecule is CC=CC(=O)NC1CCC(C)CC1C. The lowest BCUT2D eigenvalue weighted by molar-refractivity contribution is -0.117. The highest BCUT2D eigenvalue weighted by Crippen LogP contribution is 2.28. The standard InChI is InChI=1S/C12H21NO/c1-4-5-12(14)13-11-7-6-9(2)8-10(11)3/h4-5,9-11H,6-8H2,1-3H3,(H,13,14). The van der Waals surface area contributed by atoms with Crippen molar-refractivity contribution in [2.24, 2.45) is 11.8 Å². The maximum absolute atomic E-state index is 11.3. The average molecular weight is 195 g/mol. The van der Waals surface area contributed by atoms with Gasteiger partial charge in [0, 0.05) is 6.04 Å². The van der Waals surface area contributed by atoms with Gasteiger partial charge in [-0.15, -0.1) is 0 Å². The first-order valence-corrected chi connectivity index (χ1v) is 5.56. The van der Waals surface area contributed by atoms with Crippen molar-refractivity contribution in [3.63, 3.8) is 0 Å². The Morgan fingerprint density at radius 1 is 1.36 bits per heavy atom. The molecule has 0 radical (unpaired) electrons. The molecule has 1 aliphatic rings. The maximum atomic E-state index is 11.3. The van der Waals surface area contributed by atoms with Crippen LogP contribution in [0.3, 0.4) is 0 Å². The van der Waals surface area contributed by atoms with E-state index in [0.717, 1.165) is 12.3 Å². The van der Waals surface area contributed by atoms with Crippen LogP contribution < -0.4 is 5.32 Å². The van der Waals surface area contributed by atoms with Crippen LogP contribution in [-0.4, -0.2) is 11.9 Å². The van der Waals surface area contributed by atoms with Crippen molar-refractivity contribution in [1.82, 2.24) is 5.32 Å².